The number of hydrogen-bond donors (Lipinski definition) is 2. The van der Waals surface area contributed by atoms with Crippen molar-refractivity contribution in [1.29, 1.82) is 0 Å². The number of aryl methyl sites for hydroxylation is 2. The van der Waals surface area contributed by atoms with Crippen molar-refractivity contribution in [3.05, 3.63) is 132 Å². The van der Waals surface area contributed by atoms with Crippen LogP contribution in [0.1, 0.15) is 105 Å². The summed E-state index contributed by atoms with van der Waals surface area (Å²) in [5.41, 5.74) is 13.9. The van der Waals surface area contributed by atoms with Crippen LogP contribution in [0.15, 0.2) is 97.8 Å². The van der Waals surface area contributed by atoms with Crippen LogP contribution in [0.2, 0.25) is 0 Å². The molecule has 5 aromatic heterocycles. The number of imidazole rings is 2. The van der Waals surface area contributed by atoms with E-state index < -0.39 is 0 Å². The molecule has 0 aliphatic heterocycles. The first-order valence-corrected chi connectivity index (χ1v) is 23.2. The Morgan fingerprint density at radius 3 is 1.19 bits per heavy atom. The summed E-state index contributed by atoms with van der Waals surface area (Å²) in [4.78, 5) is 29.2. The van der Waals surface area contributed by atoms with Crippen molar-refractivity contribution < 1.29 is 52.3 Å². The van der Waals surface area contributed by atoms with E-state index in [-0.39, 0.29) is 75.3 Å². The molecule has 0 atom stereocenters. The minimum absolute atomic E-state index is 0. The fourth-order valence-corrected chi connectivity index (χ4v) is 8.90. The van der Waals surface area contributed by atoms with Crippen LogP contribution in [-0.2, 0) is 77.9 Å². The standard InChI is InChI=1S/C58H60N8O2.2Pt/c1-55(2,3)37-23-39(51(67)43(25-37)57(7,8)9)53-63-49-41(28-59-30-47(49)65(53)13)33-17-15-19-35(21-33)45-27-46(62-32-61-45)36-20-16-18-34(22-36)42-29-60-31-48-50(42)64-54(66(48)14)40-24-38(56(4,5)6)26-44(52(40)68)58(10,11)12;;/h15-20,23-32,67-68H,1-14H3;;/q-2;;. The molecule has 0 aliphatic rings. The van der Waals surface area contributed by atoms with Gasteiger partial charge in [-0.2, -0.15) is 0 Å². The number of hydrogen-bond acceptors (Lipinski definition) is 8. The summed E-state index contributed by atoms with van der Waals surface area (Å²) < 4.78 is 4.01. The zero-order chi connectivity index (χ0) is 48.8. The van der Waals surface area contributed by atoms with Crippen molar-refractivity contribution in [1.82, 2.24) is 39.0 Å². The molecule has 0 aliphatic carbocycles. The van der Waals surface area contributed by atoms with Gasteiger partial charge in [0, 0.05) is 91.1 Å². The minimum atomic E-state index is -0.284. The first-order valence-electron chi connectivity index (χ1n) is 23.2. The molecule has 10 nitrogen and oxygen atoms in total. The average molecular weight is 1290 g/mol. The monoisotopic (exact) mass is 1290 g/mol. The minimum Gasteiger partial charge on any atom is -0.507 e. The molecule has 0 saturated carbocycles. The summed E-state index contributed by atoms with van der Waals surface area (Å²) in [5, 5.41) is 23.6. The van der Waals surface area contributed by atoms with E-state index in [0.29, 0.717) is 34.2 Å². The Balaban J connectivity index is 0.00000361. The van der Waals surface area contributed by atoms with E-state index in [1.165, 1.54) is 0 Å². The van der Waals surface area contributed by atoms with Gasteiger partial charge in [0.25, 0.3) is 0 Å². The molecule has 9 aromatic rings. The predicted octanol–water partition coefficient (Wildman–Crippen LogP) is 13.2. The molecule has 0 spiro atoms. The number of aromatic hydroxyl groups is 2. The van der Waals surface area contributed by atoms with Crippen molar-refractivity contribution in [2.24, 2.45) is 14.1 Å². The third kappa shape index (κ3) is 9.54. The van der Waals surface area contributed by atoms with Crippen LogP contribution in [0.25, 0.3) is 89.6 Å². The molecular weight excluding hydrogens is 1230 g/mol. The Morgan fingerprint density at radius 2 is 0.829 bits per heavy atom. The molecule has 0 unspecified atom stereocenters. The second-order valence-corrected chi connectivity index (χ2v) is 22.2. The maximum Gasteiger partial charge on any atom is 0.143 e. The van der Waals surface area contributed by atoms with E-state index in [0.717, 1.165) is 77.7 Å². The predicted molar refractivity (Wildman–Crippen MR) is 275 cm³/mol. The molecule has 0 radical (unpaired) electrons. The van der Waals surface area contributed by atoms with Crippen LogP contribution in [0.3, 0.4) is 0 Å². The average Bonchev–Trinajstić information content (AvgIpc) is 3.80. The van der Waals surface area contributed by atoms with Crippen LogP contribution in [0, 0.1) is 12.1 Å². The van der Waals surface area contributed by atoms with Crippen LogP contribution in [0.5, 0.6) is 11.5 Å². The quantitative estimate of drug-likeness (QED) is 0.158. The van der Waals surface area contributed by atoms with Gasteiger partial charge in [0.1, 0.15) is 23.1 Å². The third-order valence-electron chi connectivity index (χ3n) is 13.0. The van der Waals surface area contributed by atoms with Gasteiger partial charge >= 0.3 is 0 Å². The Labute approximate surface area is 440 Å². The summed E-state index contributed by atoms with van der Waals surface area (Å²) in [6.45, 7) is 25.8. The Hall–Kier alpha value is -5.82. The van der Waals surface area contributed by atoms with Gasteiger partial charge in [0.2, 0.25) is 0 Å². The number of rotatable bonds is 6. The molecular formula is C58H60N8O2Pt2-2. The Kier molecular flexibility index (Phi) is 13.9. The zero-order valence-electron chi connectivity index (χ0n) is 42.3. The first kappa shape index (κ1) is 52.0. The zero-order valence-corrected chi connectivity index (χ0v) is 46.9. The van der Waals surface area contributed by atoms with Crippen LogP contribution in [0.4, 0.5) is 0 Å². The fraction of sp³-hybridized carbons (Fsp3) is 0.310. The summed E-state index contributed by atoms with van der Waals surface area (Å²) in [5.74, 6) is 1.80. The smallest absolute Gasteiger partial charge is 0.143 e. The second-order valence-electron chi connectivity index (χ2n) is 22.2. The molecule has 5 heterocycles. The van der Waals surface area contributed by atoms with E-state index in [1.54, 1.807) is 6.33 Å². The first-order chi connectivity index (χ1) is 31.9. The maximum atomic E-state index is 11.8. The molecule has 0 amide bonds. The number of pyridine rings is 2. The fourth-order valence-electron chi connectivity index (χ4n) is 8.90. The summed E-state index contributed by atoms with van der Waals surface area (Å²) in [6, 6.07) is 29.5. The van der Waals surface area contributed by atoms with E-state index in [1.807, 2.05) is 90.5 Å². The van der Waals surface area contributed by atoms with Crippen molar-refractivity contribution in [3.63, 3.8) is 0 Å². The number of benzene rings is 4. The van der Waals surface area contributed by atoms with Crippen LogP contribution >= 0.6 is 0 Å². The number of aromatic nitrogens is 8. The van der Waals surface area contributed by atoms with E-state index in [9.17, 15) is 10.2 Å². The van der Waals surface area contributed by atoms with Gasteiger partial charge in [-0.1, -0.05) is 112 Å². The van der Waals surface area contributed by atoms with Gasteiger partial charge in [-0.3, -0.25) is 19.9 Å². The van der Waals surface area contributed by atoms with Gasteiger partial charge < -0.3 is 19.3 Å². The summed E-state index contributed by atoms with van der Waals surface area (Å²) in [7, 11) is 3.94. The van der Waals surface area contributed by atoms with Crippen molar-refractivity contribution in [2.75, 3.05) is 0 Å². The second kappa shape index (κ2) is 18.7. The molecule has 9 rings (SSSR count). The molecule has 0 fully saturated rings. The number of nitrogens with zero attached hydrogens (tertiary/aromatic N) is 8. The van der Waals surface area contributed by atoms with E-state index in [4.69, 9.17) is 19.9 Å². The van der Waals surface area contributed by atoms with E-state index in [2.05, 4.69) is 129 Å². The van der Waals surface area contributed by atoms with Gasteiger partial charge in [-0.25, -0.2) is 9.97 Å². The largest absolute Gasteiger partial charge is 0.507 e. The van der Waals surface area contributed by atoms with Crippen molar-refractivity contribution >= 4 is 22.1 Å². The molecule has 4 aromatic carbocycles. The van der Waals surface area contributed by atoms with Gasteiger partial charge in [0.05, 0.1) is 51.9 Å². The van der Waals surface area contributed by atoms with Gasteiger partial charge in [-0.05, 0) is 56.0 Å². The number of phenols is 2. The Bertz CT molecular complexity index is 3230. The molecule has 12 heteroatoms. The topological polar surface area (TPSA) is 128 Å². The van der Waals surface area contributed by atoms with Gasteiger partial charge in [-0.15, -0.1) is 59.7 Å². The number of phenolic OH excluding ortho intramolecular Hbond substituents is 2. The SMILES string of the molecule is Cn1c(-c2cc(C(C)(C)C)cc(C(C)(C)C)c2O)nc2c(-c3[c-]c(-c4cc(-c5[c-]c(-c6cncc7c6nc(-c6cc(C(C)(C)C)cc(C(C)(C)C)c6O)n7C)ccc5)ncn4)ccc3)cncc21.[Pt].[Pt]. The maximum absolute atomic E-state index is 11.8. The van der Waals surface area contributed by atoms with Crippen molar-refractivity contribution in [2.45, 2.75) is 105 Å². The third-order valence-corrected chi connectivity index (χ3v) is 13.0. The molecule has 366 valence electrons. The normalized spacial score (nSPS) is 12.3. The molecule has 0 saturated heterocycles. The van der Waals surface area contributed by atoms with Gasteiger partial charge in [0.15, 0.2) is 0 Å². The molecule has 2 N–H and O–H groups in total. The molecule has 0 bridgehead atoms. The van der Waals surface area contributed by atoms with E-state index >= 15 is 0 Å². The van der Waals surface area contributed by atoms with Crippen LogP contribution in [-0.4, -0.2) is 49.3 Å². The summed E-state index contributed by atoms with van der Waals surface area (Å²) >= 11 is 0. The van der Waals surface area contributed by atoms with Crippen LogP contribution < -0.4 is 0 Å². The molecule has 70 heavy (non-hydrogen) atoms. The summed E-state index contributed by atoms with van der Waals surface area (Å²) in [6.07, 6.45) is 8.85. The number of fused-ring (bicyclic) bond motifs is 2. The van der Waals surface area contributed by atoms with Crippen molar-refractivity contribution in [3.8, 4) is 79.0 Å². The Morgan fingerprint density at radius 1 is 0.457 bits per heavy atom.